The molecule has 60 valence electrons. The van der Waals surface area contributed by atoms with Gasteiger partial charge >= 0.3 is 5.97 Å². The van der Waals surface area contributed by atoms with Gasteiger partial charge in [0.25, 0.3) is 0 Å². The molecular formula is C6H8N2O3. The summed E-state index contributed by atoms with van der Waals surface area (Å²) in [7, 11) is 0. The molecule has 0 aliphatic carbocycles. The number of ether oxygens (including phenoxy) is 1. The number of rotatable bonds is 3. The van der Waals surface area contributed by atoms with Crippen LogP contribution in [0.5, 0.6) is 0 Å². The first-order valence-corrected chi connectivity index (χ1v) is 2.99. The van der Waals surface area contributed by atoms with E-state index in [4.69, 9.17) is 11.0 Å². The predicted octanol–water partition coefficient (Wildman–Crippen LogP) is -0.825. The van der Waals surface area contributed by atoms with Crippen molar-refractivity contribution in [2.45, 2.75) is 6.92 Å². The number of primary amides is 1. The highest BCUT2D eigenvalue weighted by molar-refractivity contribution is 5.99. The molecule has 0 fully saturated rings. The van der Waals surface area contributed by atoms with Gasteiger partial charge in [-0.25, -0.2) is 0 Å². The van der Waals surface area contributed by atoms with Crippen LogP contribution < -0.4 is 5.73 Å². The molecule has 11 heavy (non-hydrogen) atoms. The summed E-state index contributed by atoms with van der Waals surface area (Å²) >= 11 is 0. The maximum absolute atomic E-state index is 10.7. The van der Waals surface area contributed by atoms with Gasteiger partial charge in [0.2, 0.25) is 11.8 Å². The SMILES string of the molecule is CCOC(=O)C(C#N)C(N)=O. The van der Waals surface area contributed by atoms with Crippen molar-refractivity contribution in [2.24, 2.45) is 11.7 Å². The van der Waals surface area contributed by atoms with Crippen molar-refractivity contribution < 1.29 is 14.3 Å². The van der Waals surface area contributed by atoms with Crippen LogP contribution in [0, 0.1) is 17.2 Å². The summed E-state index contributed by atoms with van der Waals surface area (Å²) in [6.45, 7) is 1.71. The average Bonchev–Trinajstić information content (AvgIpc) is 1.88. The smallest absolute Gasteiger partial charge is 0.333 e. The van der Waals surface area contributed by atoms with Crippen molar-refractivity contribution in [3.8, 4) is 6.07 Å². The topological polar surface area (TPSA) is 93.2 Å². The molecule has 0 spiro atoms. The van der Waals surface area contributed by atoms with Gasteiger partial charge < -0.3 is 10.5 Å². The molecule has 1 unspecified atom stereocenters. The standard InChI is InChI=1S/C6H8N2O3/c1-2-11-6(10)4(3-7)5(8)9/h4H,2H2,1H3,(H2,8,9). The highest BCUT2D eigenvalue weighted by Crippen LogP contribution is 1.96. The van der Waals surface area contributed by atoms with Crippen LogP contribution in [0.25, 0.3) is 0 Å². The second-order valence-corrected chi connectivity index (χ2v) is 1.72. The zero-order valence-corrected chi connectivity index (χ0v) is 6.03. The maximum Gasteiger partial charge on any atom is 0.333 e. The molecule has 0 aliphatic rings. The van der Waals surface area contributed by atoms with E-state index in [0.717, 1.165) is 0 Å². The van der Waals surface area contributed by atoms with Crippen molar-refractivity contribution >= 4 is 11.9 Å². The van der Waals surface area contributed by atoms with Gasteiger partial charge in [-0.1, -0.05) is 0 Å². The van der Waals surface area contributed by atoms with Crippen LogP contribution >= 0.6 is 0 Å². The fourth-order valence-electron chi connectivity index (χ4n) is 0.458. The number of nitrogens with two attached hydrogens (primary N) is 1. The monoisotopic (exact) mass is 156 g/mol. The van der Waals surface area contributed by atoms with E-state index in [9.17, 15) is 9.59 Å². The van der Waals surface area contributed by atoms with Crippen molar-refractivity contribution in [3.05, 3.63) is 0 Å². The first-order chi connectivity index (χ1) is 5.13. The second kappa shape index (κ2) is 4.28. The summed E-state index contributed by atoms with van der Waals surface area (Å²) in [5.41, 5.74) is 4.72. The summed E-state index contributed by atoms with van der Waals surface area (Å²) in [5.74, 6) is -3.34. The number of esters is 1. The fourth-order valence-corrected chi connectivity index (χ4v) is 0.458. The molecule has 0 saturated heterocycles. The summed E-state index contributed by atoms with van der Waals surface area (Å²) < 4.78 is 4.39. The molecular weight excluding hydrogens is 148 g/mol. The van der Waals surface area contributed by atoms with E-state index in [1.165, 1.54) is 6.07 Å². The van der Waals surface area contributed by atoms with E-state index in [1.807, 2.05) is 0 Å². The Balaban J connectivity index is 4.18. The Morgan fingerprint density at radius 1 is 1.73 bits per heavy atom. The lowest BCUT2D eigenvalue weighted by molar-refractivity contribution is -0.148. The quantitative estimate of drug-likeness (QED) is 0.426. The molecule has 2 N–H and O–H groups in total. The molecule has 1 atom stereocenters. The Bertz CT molecular complexity index is 206. The summed E-state index contributed by atoms with van der Waals surface area (Å²) in [6, 6.07) is 1.44. The third-order valence-corrected chi connectivity index (χ3v) is 0.936. The van der Waals surface area contributed by atoms with Crippen LogP contribution in [-0.2, 0) is 14.3 Å². The van der Waals surface area contributed by atoms with Gasteiger partial charge in [-0.15, -0.1) is 0 Å². The van der Waals surface area contributed by atoms with Crippen LogP contribution in [0.3, 0.4) is 0 Å². The third kappa shape index (κ3) is 2.67. The molecule has 5 nitrogen and oxygen atoms in total. The highest BCUT2D eigenvalue weighted by Gasteiger charge is 2.24. The minimum absolute atomic E-state index is 0.129. The van der Waals surface area contributed by atoms with Gasteiger partial charge in [-0.2, -0.15) is 5.26 Å². The molecule has 0 radical (unpaired) electrons. The Hall–Kier alpha value is -1.57. The molecule has 0 heterocycles. The fraction of sp³-hybridized carbons (Fsp3) is 0.500. The second-order valence-electron chi connectivity index (χ2n) is 1.72. The Morgan fingerprint density at radius 2 is 2.27 bits per heavy atom. The lowest BCUT2D eigenvalue weighted by atomic mass is 10.2. The number of amides is 1. The zero-order valence-electron chi connectivity index (χ0n) is 6.03. The van der Waals surface area contributed by atoms with Crippen molar-refractivity contribution in [2.75, 3.05) is 6.61 Å². The first kappa shape index (κ1) is 9.43. The number of carbonyl (C=O) groups is 2. The normalized spacial score (nSPS) is 11.3. The van der Waals surface area contributed by atoms with E-state index >= 15 is 0 Å². The van der Waals surface area contributed by atoms with Gasteiger partial charge in [0.1, 0.15) is 0 Å². The van der Waals surface area contributed by atoms with Gasteiger partial charge in [0.15, 0.2) is 0 Å². The number of hydrogen-bond donors (Lipinski definition) is 1. The Kier molecular flexibility index (Phi) is 3.67. The minimum atomic E-state index is -1.48. The van der Waals surface area contributed by atoms with Crippen molar-refractivity contribution in [3.63, 3.8) is 0 Å². The number of carbonyl (C=O) groups excluding carboxylic acids is 2. The number of nitriles is 1. The van der Waals surface area contributed by atoms with Crippen molar-refractivity contribution in [1.29, 1.82) is 5.26 Å². The van der Waals surface area contributed by atoms with Crippen LogP contribution in [0.4, 0.5) is 0 Å². The van der Waals surface area contributed by atoms with Crippen molar-refractivity contribution in [1.82, 2.24) is 0 Å². The first-order valence-electron chi connectivity index (χ1n) is 2.99. The van der Waals surface area contributed by atoms with Gasteiger partial charge in [-0.05, 0) is 6.92 Å². The van der Waals surface area contributed by atoms with E-state index in [1.54, 1.807) is 6.92 Å². The Morgan fingerprint density at radius 3 is 2.55 bits per heavy atom. The number of nitrogens with zero attached hydrogens (tertiary/aromatic N) is 1. The average molecular weight is 156 g/mol. The van der Waals surface area contributed by atoms with Crippen LogP contribution in [0.15, 0.2) is 0 Å². The molecule has 0 rings (SSSR count). The molecule has 1 amide bonds. The lowest BCUT2D eigenvalue weighted by Crippen LogP contribution is -2.30. The van der Waals surface area contributed by atoms with Crippen LogP contribution in [-0.4, -0.2) is 18.5 Å². The third-order valence-electron chi connectivity index (χ3n) is 0.936. The van der Waals surface area contributed by atoms with Gasteiger partial charge in [-0.3, -0.25) is 9.59 Å². The molecule has 5 heteroatoms. The largest absolute Gasteiger partial charge is 0.465 e. The maximum atomic E-state index is 10.7. The molecule has 0 aromatic carbocycles. The minimum Gasteiger partial charge on any atom is -0.465 e. The molecule has 0 saturated carbocycles. The lowest BCUT2D eigenvalue weighted by Gasteiger charge is -2.02. The molecule has 0 bridgehead atoms. The van der Waals surface area contributed by atoms with E-state index in [0.29, 0.717) is 0 Å². The number of hydrogen-bond acceptors (Lipinski definition) is 4. The molecule has 0 aliphatic heterocycles. The predicted molar refractivity (Wildman–Crippen MR) is 34.9 cm³/mol. The van der Waals surface area contributed by atoms with E-state index < -0.39 is 17.8 Å². The summed E-state index contributed by atoms with van der Waals surface area (Å²) in [5, 5.41) is 8.24. The summed E-state index contributed by atoms with van der Waals surface area (Å²) in [4.78, 5) is 21.0. The summed E-state index contributed by atoms with van der Waals surface area (Å²) in [6.07, 6.45) is 0. The van der Waals surface area contributed by atoms with E-state index in [-0.39, 0.29) is 6.61 Å². The van der Waals surface area contributed by atoms with Gasteiger partial charge in [0, 0.05) is 0 Å². The molecule has 0 aromatic heterocycles. The zero-order chi connectivity index (χ0) is 8.85. The van der Waals surface area contributed by atoms with Gasteiger partial charge in [0.05, 0.1) is 12.7 Å². The highest BCUT2D eigenvalue weighted by atomic mass is 16.5. The van der Waals surface area contributed by atoms with Crippen LogP contribution in [0.1, 0.15) is 6.92 Å². The van der Waals surface area contributed by atoms with E-state index in [2.05, 4.69) is 4.74 Å². The van der Waals surface area contributed by atoms with Crippen LogP contribution in [0.2, 0.25) is 0 Å². The Labute approximate surface area is 63.7 Å². The molecule has 0 aromatic rings.